The summed E-state index contributed by atoms with van der Waals surface area (Å²) in [7, 11) is 1.78. The first kappa shape index (κ1) is 17.6. The SMILES string of the molecule is CO[C@H]1CCN(CC(=O)Nc2ccccn2)C[C@H]1Cc1ccccc1. The summed E-state index contributed by atoms with van der Waals surface area (Å²) in [5.41, 5.74) is 1.31. The fraction of sp³-hybridized carbons (Fsp3) is 0.400. The number of amides is 1. The number of hydrogen-bond acceptors (Lipinski definition) is 4. The molecule has 2 aromatic rings. The van der Waals surface area contributed by atoms with Gasteiger partial charge in [-0.15, -0.1) is 0 Å². The monoisotopic (exact) mass is 339 g/mol. The number of hydrogen-bond donors (Lipinski definition) is 1. The Balaban J connectivity index is 1.56. The summed E-state index contributed by atoms with van der Waals surface area (Å²) >= 11 is 0. The van der Waals surface area contributed by atoms with Gasteiger partial charge in [-0.2, -0.15) is 0 Å². The van der Waals surface area contributed by atoms with Crippen LogP contribution in [0.5, 0.6) is 0 Å². The lowest BCUT2D eigenvalue weighted by Gasteiger charge is -2.37. The molecule has 1 aromatic carbocycles. The van der Waals surface area contributed by atoms with Crippen LogP contribution in [-0.4, -0.2) is 48.6 Å². The van der Waals surface area contributed by atoms with E-state index in [0.29, 0.717) is 18.3 Å². The second kappa shape index (κ2) is 8.74. The number of rotatable bonds is 6. The van der Waals surface area contributed by atoms with Crippen LogP contribution < -0.4 is 5.32 Å². The highest BCUT2D eigenvalue weighted by Crippen LogP contribution is 2.23. The number of aromatic nitrogens is 1. The van der Waals surface area contributed by atoms with Gasteiger partial charge in [-0.3, -0.25) is 9.69 Å². The van der Waals surface area contributed by atoms with Gasteiger partial charge in [-0.25, -0.2) is 4.98 Å². The largest absolute Gasteiger partial charge is 0.381 e. The Hall–Kier alpha value is -2.24. The van der Waals surface area contributed by atoms with E-state index in [1.807, 2.05) is 18.2 Å². The van der Waals surface area contributed by atoms with E-state index in [2.05, 4.69) is 39.5 Å². The summed E-state index contributed by atoms with van der Waals surface area (Å²) in [6.07, 6.45) is 3.84. The molecule has 0 unspecified atom stereocenters. The zero-order chi connectivity index (χ0) is 17.5. The number of carbonyl (C=O) groups is 1. The van der Waals surface area contributed by atoms with Crippen LogP contribution in [-0.2, 0) is 16.0 Å². The molecule has 5 nitrogen and oxygen atoms in total. The molecule has 5 heteroatoms. The molecular weight excluding hydrogens is 314 g/mol. The molecule has 3 rings (SSSR count). The smallest absolute Gasteiger partial charge is 0.239 e. The number of piperidine rings is 1. The predicted octanol–water partition coefficient (Wildman–Crippen LogP) is 2.60. The standard InChI is InChI=1S/C20H25N3O2/c1-25-18-10-12-23(14-17(18)13-16-7-3-2-4-8-16)15-20(24)22-19-9-5-6-11-21-19/h2-9,11,17-18H,10,12-15H2,1H3,(H,21,22,24)/t17-,18+/m1/s1. The number of pyridine rings is 1. The first-order valence-corrected chi connectivity index (χ1v) is 8.74. The van der Waals surface area contributed by atoms with Gasteiger partial charge in [0.25, 0.3) is 0 Å². The van der Waals surface area contributed by atoms with Crippen LogP contribution in [0.4, 0.5) is 5.82 Å². The number of likely N-dealkylation sites (tertiary alicyclic amines) is 1. The van der Waals surface area contributed by atoms with Crippen molar-refractivity contribution < 1.29 is 9.53 Å². The van der Waals surface area contributed by atoms with Gasteiger partial charge in [-0.1, -0.05) is 36.4 Å². The van der Waals surface area contributed by atoms with E-state index >= 15 is 0 Å². The average molecular weight is 339 g/mol. The van der Waals surface area contributed by atoms with E-state index in [9.17, 15) is 4.79 Å². The molecule has 25 heavy (non-hydrogen) atoms. The van der Waals surface area contributed by atoms with Gasteiger partial charge < -0.3 is 10.1 Å². The molecule has 0 aliphatic carbocycles. The van der Waals surface area contributed by atoms with Crippen molar-refractivity contribution in [3.63, 3.8) is 0 Å². The third-order valence-corrected chi connectivity index (χ3v) is 4.69. The summed E-state index contributed by atoms with van der Waals surface area (Å²) in [5, 5.41) is 2.86. The third kappa shape index (κ3) is 5.11. The molecular formula is C20H25N3O2. The molecule has 0 saturated carbocycles. The van der Waals surface area contributed by atoms with Crippen molar-refractivity contribution in [2.75, 3.05) is 32.1 Å². The molecule has 0 bridgehead atoms. The second-order valence-electron chi connectivity index (χ2n) is 6.51. The lowest BCUT2D eigenvalue weighted by molar-refractivity contribution is -0.118. The zero-order valence-electron chi connectivity index (χ0n) is 14.6. The topological polar surface area (TPSA) is 54.5 Å². The quantitative estimate of drug-likeness (QED) is 0.879. The molecule has 1 aromatic heterocycles. The highest BCUT2D eigenvalue weighted by atomic mass is 16.5. The highest BCUT2D eigenvalue weighted by molar-refractivity contribution is 5.91. The predicted molar refractivity (Wildman–Crippen MR) is 98.4 cm³/mol. The molecule has 1 amide bonds. The number of benzene rings is 1. The van der Waals surface area contributed by atoms with Gasteiger partial charge in [0, 0.05) is 32.3 Å². The van der Waals surface area contributed by atoms with E-state index in [1.54, 1.807) is 19.4 Å². The fourth-order valence-electron chi connectivity index (χ4n) is 3.47. The average Bonchev–Trinajstić information content (AvgIpc) is 2.63. The van der Waals surface area contributed by atoms with Crippen molar-refractivity contribution in [3.05, 3.63) is 60.3 Å². The van der Waals surface area contributed by atoms with E-state index in [0.717, 1.165) is 25.9 Å². The zero-order valence-corrected chi connectivity index (χ0v) is 14.6. The second-order valence-corrected chi connectivity index (χ2v) is 6.51. The minimum Gasteiger partial charge on any atom is -0.381 e. The first-order valence-electron chi connectivity index (χ1n) is 8.74. The van der Waals surface area contributed by atoms with Crippen molar-refractivity contribution in [3.8, 4) is 0 Å². The maximum Gasteiger partial charge on any atom is 0.239 e. The molecule has 1 aliphatic rings. The lowest BCUT2D eigenvalue weighted by atomic mass is 9.88. The van der Waals surface area contributed by atoms with Gasteiger partial charge in [0.2, 0.25) is 5.91 Å². The van der Waals surface area contributed by atoms with Crippen LogP contribution in [0.1, 0.15) is 12.0 Å². The number of carbonyl (C=O) groups excluding carboxylic acids is 1. The van der Waals surface area contributed by atoms with Crippen LogP contribution in [0, 0.1) is 5.92 Å². The Bertz CT molecular complexity index is 663. The molecule has 1 N–H and O–H groups in total. The van der Waals surface area contributed by atoms with Gasteiger partial charge in [0.15, 0.2) is 0 Å². The molecule has 132 valence electrons. The van der Waals surface area contributed by atoms with Crippen molar-refractivity contribution >= 4 is 11.7 Å². The molecule has 1 fully saturated rings. The first-order chi connectivity index (χ1) is 12.2. The Kier molecular flexibility index (Phi) is 6.14. The molecule has 1 saturated heterocycles. The summed E-state index contributed by atoms with van der Waals surface area (Å²) in [4.78, 5) is 18.6. The van der Waals surface area contributed by atoms with Crippen molar-refractivity contribution in [1.82, 2.24) is 9.88 Å². The van der Waals surface area contributed by atoms with Gasteiger partial charge in [0.1, 0.15) is 5.82 Å². The summed E-state index contributed by atoms with van der Waals surface area (Å²) in [5.74, 6) is 0.969. The van der Waals surface area contributed by atoms with Crippen molar-refractivity contribution in [2.24, 2.45) is 5.92 Å². The summed E-state index contributed by atoms with van der Waals surface area (Å²) in [6, 6.07) is 16.0. The molecule has 2 atom stereocenters. The number of nitrogens with zero attached hydrogens (tertiary/aromatic N) is 2. The van der Waals surface area contributed by atoms with E-state index in [1.165, 1.54) is 5.56 Å². The van der Waals surface area contributed by atoms with E-state index < -0.39 is 0 Å². The molecule has 0 spiro atoms. The highest BCUT2D eigenvalue weighted by Gasteiger charge is 2.30. The lowest BCUT2D eigenvalue weighted by Crippen LogP contribution is -2.47. The van der Waals surface area contributed by atoms with Crippen LogP contribution in [0.3, 0.4) is 0 Å². The summed E-state index contributed by atoms with van der Waals surface area (Å²) < 4.78 is 5.69. The number of methoxy groups -OCH3 is 1. The van der Waals surface area contributed by atoms with Crippen molar-refractivity contribution in [1.29, 1.82) is 0 Å². The number of anilines is 1. The minimum absolute atomic E-state index is 0.0203. The Labute approximate surface area is 149 Å². The summed E-state index contributed by atoms with van der Waals surface area (Å²) in [6.45, 7) is 2.13. The maximum atomic E-state index is 12.3. The van der Waals surface area contributed by atoms with Crippen LogP contribution in [0.2, 0.25) is 0 Å². The van der Waals surface area contributed by atoms with Gasteiger partial charge in [0.05, 0.1) is 12.6 Å². The van der Waals surface area contributed by atoms with Gasteiger partial charge in [-0.05, 0) is 30.5 Å². The van der Waals surface area contributed by atoms with Gasteiger partial charge >= 0.3 is 0 Å². The Morgan fingerprint density at radius 3 is 2.76 bits per heavy atom. The van der Waals surface area contributed by atoms with E-state index in [-0.39, 0.29) is 12.0 Å². The van der Waals surface area contributed by atoms with Crippen LogP contribution in [0.25, 0.3) is 0 Å². The fourth-order valence-corrected chi connectivity index (χ4v) is 3.47. The number of nitrogens with one attached hydrogen (secondary N) is 1. The third-order valence-electron chi connectivity index (χ3n) is 4.69. The number of ether oxygens (including phenoxy) is 1. The maximum absolute atomic E-state index is 12.3. The van der Waals surface area contributed by atoms with Crippen LogP contribution in [0.15, 0.2) is 54.7 Å². The Morgan fingerprint density at radius 2 is 2.04 bits per heavy atom. The van der Waals surface area contributed by atoms with Crippen LogP contribution >= 0.6 is 0 Å². The molecule has 1 aliphatic heterocycles. The normalized spacial score (nSPS) is 21.0. The Morgan fingerprint density at radius 1 is 1.24 bits per heavy atom. The minimum atomic E-state index is -0.0203. The molecule has 0 radical (unpaired) electrons. The van der Waals surface area contributed by atoms with E-state index in [4.69, 9.17) is 4.74 Å². The van der Waals surface area contributed by atoms with Crippen molar-refractivity contribution in [2.45, 2.75) is 18.9 Å². The molecule has 2 heterocycles.